The maximum atomic E-state index is 13.9. The van der Waals surface area contributed by atoms with Gasteiger partial charge in [-0.1, -0.05) is 6.07 Å². The summed E-state index contributed by atoms with van der Waals surface area (Å²) in [6, 6.07) is 5.73. The molecule has 2 aliphatic heterocycles. The number of carbonyl (C=O) groups excluding carboxylic acids is 1. The Kier molecular flexibility index (Phi) is 4.94. The predicted molar refractivity (Wildman–Crippen MR) is 97.0 cm³/mol. The molecule has 154 valence electrons. The van der Waals surface area contributed by atoms with E-state index in [-0.39, 0.29) is 11.5 Å². The summed E-state index contributed by atoms with van der Waals surface area (Å²) in [4.78, 5) is 25.3. The van der Waals surface area contributed by atoms with Gasteiger partial charge in [-0.2, -0.15) is 13.2 Å². The van der Waals surface area contributed by atoms with Crippen LogP contribution in [0.1, 0.15) is 39.5 Å². The third kappa shape index (κ3) is 3.66. The average molecular weight is 409 g/mol. The first-order valence-corrected chi connectivity index (χ1v) is 9.33. The third-order valence-electron chi connectivity index (χ3n) is 5.60. The van der Waals surface area contributed by atoms with Crippen LogP contribution in [-0.4, -0.2) is 23.6 Å². The molecule has 2 aromatic rings. The van der Waals surface area contributed by atoms with Crippen LogP contribution in [0.4, 0.5) is 17.6 Å². The summed E-state index contributed by atoms with van der Waals surface area (Å²) in [5.41, 5.74) is -1.59. The van der Waals surface area contributed by atoms with Gasteiger partial charge in [0.05, 0.1) is 5.56 Å². The molecule has 3 heterocycles. The van der Waals surface area contributed by atoms with E-state index in [2.05, 4.69) is 10.6 Å². The lowest BCUT2D eigenvalue weighted by Gasteiger charge is -2.37. The maximum Gasteiger partial charge on any atom is 0.416 e. The number of amides is 1. The number of alkyl halides is 3. The van der Waals surface area contributed by atoms with Crippen molar-refractivity contribution >= 4 is 5.91 Å². The smallest absolute Gasteiger partial charge is 0.348 e. The van der Waals surface area contributed by atoms with Gasteiger partial charge in [-0.25, -0.2) is 4.39 Å². The molecule has 5 nitrogen and oxygen atoms in total. The molecule has 0 spiro atoms. The first kappa shape index (κ1) is 19.6. The lowest BCUT2D eigenvalue weighted by Crippen LogP contribution is -2.46. The number of fused-ring (bicyclic) bond motifs is 4. The number of halogens is 4. The number of hydrogen-bond acceptors (Lipinski definition) is 3. The zero-order chi connectivity index (χ0) is 20.8. The normalized spacial score (nSPS) is 20.8. The molecular weight excluding hydrogens is 390 g/mol. The van der Waals surface area contributed by atoms with Gasteiger partial charge in [-0.15, -0.1) is 0 Å². The minimum atomic E-state index is -4.75. The Morgan fingerprint density at radius 2 is 2.00 bits per heavy atom. The Labute approximate surface area is 163 Å². The minimum absolute atomic E-state index is 0.161. The van der Waals surface area contributed by atoms with Crippen LogP contribution in [0.3, 0.4) is 0 Å². The summed E-state index contributed by atoms with van der Waals surface area (Å²) < 4.78 is 54.8. The van der Waals surface area contributed by atoms with E-state index in [1.807, 2.05) is 0 Å². The van der Waals surface area contributed by atoms with E-state index in [9.17, 15) is 27.2 Å². The van der Waals surface area contributed by atoms with Gasteiger partial charge < -0.3 is 15.2 Å². The summed E-state index contributed by atoms with van der Waals surface area (Å²) in [5, 5.41) is 5.59. The van der Waals surface area contributed by atoms with Crippen LogP contribution < -0.4 is 16.2 Å². The summed E-state index contributed by atoms with van der Waals surface area (Å²) in [6.07, 6.45) is -3.77. The van der Waals surface area contributed by atoms with E-state index in [1.54, 1.807) is 10.6 Å². The number of benzene rings is 1. The van der Waals surface area contributed by atoms with Crippen LogP contribution >= 0.6 is 0 Å². The summed E-state index contributed by atoms with van der Waals surface area (Å²) >= 11 is 0. The van der Waals surface area contributed by atoms with Gasteiger partial charge in [0.15, 0.2) is 0 Å². The fraction of sp³-hybridized carbons (Fsp3) is 0.400. The van der Waals surface area contributed by atoms with Crippen molar-refractivity contribution in [3.8, 4) is 0 Å². The van der Waals surface area contributed by atoms with Crippen molar-refractivity contribution in [1.29, 1.82) is 0 Å². The first-order valence-electron chi connectivity index (χ1n) is 9.33. The third-order valence-corrected chi connectivity index (χ3v) is 5.60. The highest BCUT2D eigenvalue weighted by Gasteiger charge is 2.35. The molecule has 0 aliphatic carbocycles. The molecule has 2 atom stereocenters. The SMILES string of the molecule is O=C(NCc1c(F)cccc1C(F)(F)F)c1ccc2n(c1=O)C[C@@H]1CNC[C@H]2C1. The molecule has 2 aliphatic rings. The second-order valence-electron chi connectivity index (χ2n) is 7.49. The van der Waals surface area contributed by atoms with Crippen LogP contribution in [-0.2, 0) is 19.3 Å². The first-order chi connectivity index (χ1) is 13.8. The lowest BCUT2D eigenvalue weighted by molar-refractivity contribution is -0.138. The highest BCUT2D eigenvalue weighted by Crippen LogP contribution is 2.33. The van der Waals surface area contributed by atoms with Crippen molar-refractivity contribution in [2.24, 2.45) is 5.92 Å². The molecule has 1 aromatic heterocycles. The molecule has 2 N–H and O–H groups in total. The Morgan fingerprint density at radius 3 is 2.76 bits per heavy atom. The zero-order valence-corrected chi connectivity index (χ0v) is 15.4. The van der Waals surface area contributed by atoms with Crippen LogP contribution in [0.25, 0.3) is 0 Å². The second-order valence-corrected chi connectivity index (χ2v) is 7.49. The van der Waals surface area contributed by atoms with Crippen molar-refractivity contribution in [3.05, 3.63) is 68.9 Å². The van der Waals surface area contributed by atoms with E-state index in [1.165, 1.54) is 6.07 Å². The second kappa shape index (κ2) is 7.29. The molecule has 29 heavy (non-hydrogen) atoms. The van der Waals surface area contributed by atoms with E-state index >= 15 is 0 Å². The number of rotatable bonds is 3. The minimum Gasteiger partial charge on any atom is -0.348 e. The molecule has 1 saturated heterocycles. The van der Waals surface area contributed by atoms with E-state index in [0.717, 1.165) is 43.4 Å². The lowest BCUT2D eigenvalue weighted by atomic mass is 9.84. The molecule has 1 amide bonds. The summed E-state index contributed by atoms with van der Waals surface area (Å²) in [5.74, 6) is -1.40. The molecule has 1 aromatic carbocycles. The highest BCUT2D eigenvalue weighted by molar-refractivity contribution is 5.93. The molecule has 9 heteroatoms. The number of nitrogens with zero attached hydrogens (tertiary/aromatic N) is 1. The van der Waals surface area contributed by atoms with Crippen molar-refractivity contribution in [1.82, 2.24) is 15.2 Å². The summed E-state index contributed by atoms with van der Waals surface area (Å²) in [7, 11) is 0. The fourth-order valence-corrected chi connectivity index (χ4v) is 4.23. The largest absolute Gasteiger partial charge is 0.416 e. The Morgan fingerprint density at radius 1 is 1.21 bits per heavy atom. The summed E-state index contributed by atoms with van der Waals surface area (Å²) in [6.45, 7) is 1.38. The predicted octanol–water partition coefficient (Wildman–Crippen LogP) is 2.64. The van der Waals surface area contributed by atoms with Gasteiger partial charge in [0, 0.05) is 36.8 Å². The fourth-order valence-electron chi connectivity index (χ4n) is 4.23. The average Bonchev–Trinajstić information content (AvgIpc) is 2.67. The van der Waals surface area contributed by atoms with Crippen LogP contribution in [0, 0.1) is 11.7 Å². The van der Waals surface area contributed by atoms with Gasteiger partial charge in [-0.05, 0) is 43.1 Å². The molecular formula is C20H19F4N3O2. The zero-order valence-electron chi connectivity index (χ0n) is 15.4. The molecule has 2 bridgehead atoms. The van der Waals surface area contributed by atoms with E-state index in [0.29, 0.717) is 12.5 Å². The monoisotopic (exact) mass is 409 g/mol. The molecule has 4 rings (SSSR count). The van der Waals surface area contributed by atoms with Crippen LogP contribution in [0.15, 0.2) is 35.1 Å². The number of hydrogen-bond donors (Lipinski definition) is 2. The number of pyridine rings is 1. The van der Waals surface area contributed by atoms with E-state index < -0.39 is 41.1 Å². The molecule has 0 unspecified atom stereocenters. The molecule has 1 fully saturated rings. The highest BCUT2D eigenvalue weighted by atomic mass is 19.4. The molecule has 0 saturated carbocycles. The topological polar surface area (TPSA) is 63.1 Å². The van der Waals surface area contributed by atoms with Gasteiger partial charge in [0.2, 0.25) is 0 Å². The standard InChI is InChI=1S/C20H19F4N3O2/c21-16-3-1-2-15(20(22,23)24)14(16)9-26-18(28)13-4-5-17-12-6-11(7-25-8-12)10-27(17)19(13)29/h1-5,11-12,25H,6-10H2,(H,26,28)/t11-,12+/m0/s1. The maximum absolute atomic E-state index is 13.9. The Balaban J connectivity index is 1.58. The van der Waals surface area contributed by atoms with Crippen LogP contribution in [0.2, 0.25) is 0 Å². The number of aromatic nitrogens is 1. The van der Waals surface area contributed by atoms with Crippen LogP contribution in [0.5, 0.6) is 0 Å². The van der Waals surface area contributed by atoms with Gasteiger partial charge in [0.1, 0.15) is 11.4 Å². The Hall–Kier alpha value is -2.68. The van der Waals surface area contributed by atoms with Crippen molar-refractivity contribution < 1.29 is 22.4 Å². The number of carbonyl (C=O) groups is 1. The molecule has 0 radical (unpaired) electrons. The van der Waals surface area contributed by atoms with Gasteiger partial charge >= 0.3 is 6.18 Å². The van der Waals surface area contributed by atoms with Crippen molar-refractivity contribution in [2.75, 3.05) is 13.1 Å². The number of piperidine rings is 1. The van der Waals surface area contributed by atoms with Gasteiger partial charge in [-0.3, -0.25) is 9.59 Å². The van der Waals surface area contributed by atoms with Crippen molar-refractivity contribution in [2.45, 2.75) is 31.6 Å². The Bertz CT molecular complexity index is 1020. The number of nitrogens with one attached hydrogen (secondary N) is 2. The van der Waals surface area contributed by atoms with Gasteiger partial charge in [0.25, 0.3) is 11.5 Å². The van der Waals surface area contributed by atoms with Crippen molar-refractivity contribution in [3.63, 3.8) is 0 Å². The quantitative estimate of drug-likeness (QED) is 0.767. The van der Waals surface area contributed by atoms with E-state index in [4.69, 9.17) is 0 Å².